The molecule has 0 aromatic carbocycles. The van der Waals surface area contributed by atoms with Crippen LogP contribution in [0.1, 0.15) is 47.0 Å². The fraction of sp³-hybridized carbons (Fsp3) is 0.917. The van der Waals surface area contributed by atoms with Crippen LogP contribution in [-0.4, -0.2) is 34.2 Å². The molecule has 4 atom stereocenters. The Balaban J connectivity index is 2.54. The van der Waals surface area contributed by atoms with Crippen LogP contribution in [0.2, 0.25) is 0 Å². The van der Waals surface area contributed by atoms with Crippen LogP contribution in [0.4, 0.5) is 0 Å². The molecule has 0 amide bonds. The molecular formula is C12H24N2O2. The predicted molar refractivity (Wildman–Crippen MR) is 64.0 cm³/mol. The maximum absolute atomic E-state index is 10.9. The summed E-state index contributed by atoms with van der Waals surface area (Å²) < 4.78 is 0. The summed E-state index contributed by atoms with van der Waals surface area (Å²) in [6.45, 7) is 8.08. The van der Waals surface area contributed by atoms with Gasteiger partial charge in [-0.1, -0.05) is 13.3 Å². The standard InChI is InChI=1S/C12H24N2O2/c1-8-6-5-7-9(2)14(8)13-11(4)10(3)12(15)16/h8-11,13H,5-7H2,1-4H3,(H,15,16). The molecule has 1 rings (SSSR count). The van der Waals surface area contributed by atoms with Crippen LogP contribution in [0, 0.1) is 5.92 Å². The number of rotatable bonds is 4. The Labute approximate surface area is 98.0 Å². The summed E-state index contributed by atoms with van der Waals surface area (Å²) in [5, 5.41) is 11.2. The van der Waals surface area contributed by atoms with Gasteiger partial charge in [0.25, 0.3) is 0 Å². The van der Waals surface area contributed by atoms with E-state index < -0.39 is 5.97 Å². The van der Waals surface area contributed by atoms with Crippen LogP contribution >= 0.6 is 0 Å². The van der Waals surface area contributed by atoms with E-state index in [4.69, 9.17) is 5.11 Å². The lowest BCUT2D eigenvalue weighted by Crippen LogP contribution is -2.56. The van der Waals surface area contributed by atoms with Crippen molar-refractivity contribution in [1.29, 1.82) is 0 Å². The van der Waals surface area contributed by atoms with Crippen LogP contribution in [0.5, 0.6) is 0 Å². The number of carboxylic acids is 1. The van der Waals surface area contributed by atoms with Gasteiger partial charge in [-0.05, 0) is 33.6 Å². The Kier molecular flexibility index (Phi) is 4.74. The molecule has 16 heavy (non-hydrogen) atoms. The van der Waals surface area contributed by atoms with E-state index in [1.54, 1.807) is 6.92 Å². The molecule has 2 N–H and O–H groups in total. The van der Waals surface area contributed by atoms with Crippen molar-refractivity contribution in [1.82, 2.24) is 10.4 Å². The highest BCUT2D eigenvalue weighted by Gasteiger charge is 2.28. The summed E-state index contributed by atoms with van der Waals surface area (Å²) in [6, 6.07) is 0.958. The maximum Gasteiger partial charge on any atom is 0.307 e. The maximum atomic E-state index is 10.9. The summed E-state index contributed by atoms with van der Waals surface area (Å²) in [6.07, 6.45) is 3.64. The molecule has 1 heterocycles. The predicted octanol–water partition coefficient (Wildman–Crippen LogP) is 1.86. The van der Waals surface area contributed by atoms with Crippen molar-refractivity contribution in [2.75, 3.05) is 0 Å². The summed E-state index contributed by atoms with van der Waals surface area (Å²) in [5.41, 5.74) is 3.35. The number of nitrogens with zero attached hydrogens (tertiary/aromatic N) is 1. The number of aliphatic carboxylic acids is 1. The Morgan fingerprint density at radius 1 is 1.31 bits per heavy atom. The van der Waals surface area contributed by atoms with E-state index in [0.29, 0.717) is 12.1 Å². The molecule has 0 bridgehead atoms. The Morgan fingerprint density at radius 2 is 1.81 bits per heavy atom. The first-order chi connectivity index (χ1) is 7.43. The molecule has 94 valence electrons. The minimum Gasteiger partial charge on any atom is -0.481 e. The number of piperidine rings is 1. The fourth-order valence-corrected chi connectivity index (χ4v) is 2.24. The molecule has 0 radical (unpaired) electrons. The van der Waals surface area contributed by atoms with Gasteiger partial charge in [-0.2, -0.15) is 0 Å². The van der Waals surface area contributed by atoms with E-state index in [-0.39, 0.29) is 12.0 Å². The highest BCUT2D eigenvalue weighted by Crippen LogP contribution is 2.21. The van der Waals surface area contributed by atoms with Gasteiger partial charge in [0.2, 0.25) is 0 Å². The number of carbonyl (C=O) groups is 1. The van der Waals surface area contributed by atoms with Crippen molar-refractivity contribution in [3.05, 3.63) is 0 Å². The highest BCUT2D eigenvalue weighted by atomic mass is 16.4. The first kappa shape index (κ1) is 13.5. The molecule has 0 spiro atoms. The third kappa shape index (κ3) is 3.19. The number of hydrogen-bond acceptors (Lipinski definition) is 3. The van der Waals surface area contributed by atoms with Crippen LogP contribution in [-0.2, 0) is 4.79 Å². The summed E-state index contributed by atoms with van der Waals surface area (Å²) >= 11 is 0. The SMILES string of the molecule is CC(NN1C(C)CCCC1C)C(C)C(=O)O. The van der Waals surface area contributed by atoms with Crippen molar-refractivity contribution in [3.63, 3.8) is 0 Å². The smallest absolute Gasteiger partial charge is 0.307 e. The molecule has 0 aliphatic carbocycles. The monoisotopic (exact) mass is 228 g/mol. The topological polar surface area (TPSA) is 52.6 Å². The van der Waals surface area contributed by atoms with E-state index in [2.05, 4.69) is 24.3 Å². The Morgan fingerprint density at radius 3 is 2.25 bits per heavy atom. The van der Waals surface area contributed by atoms with E-state index in [1.165, 1.54) is 19.3 Å². The minimum atomic E-state index is -0.739. The second kappa shape index (κ2) is 5.64. The van der Waals surface area contributed by atoms with Crippen LogP contribution in [0.3, 0.4) is 0 Å². The average molecular weight is 228 g/mol. The van der Waals surface area contributed by atoms with Crippen molar-refractivity contribution in [3.8, 4) is 0 Å². The molecule has 1 fully saturated rings. The highest BCUT2D eigenvalue weighted by molar-refractivity contribution is 5.70. The Hall–Kier alpha value is -0.610. The number of hydrazine groups is 1. The normalized spacial score (nSPS) is 31.0. The summed E-state index contributed by atoms with van der Waals surface area (Å²) in [5.74, 6) is -1.10. The van der Waals surface area contributed by atoms with E-state index in [0.717, 1.165) is 0 Å². The molecule has 1 saturated heterocycles. The van der Waals surface area contributed by atoms with Crippen LogP contribution in [0.25, 0.3) is 0 Å². The largest absolute Gasteiger partial charge is 0.481 e. The first-order valence-corrected chi connectivity index (χ1v) is 6.20. The lowest BCUT2D eigenvalue weighted by Gasteiger charge is -2.41. The lowest BCUT2D eigenvalue weighted by molar-refractivity contribution is -0.142. The summed E-state index contributed by atoms with van der Waals surface area (Å²) in [4.78, 5) is 10.9. The first-order valence-electron chi connectivity index (χ1n) is 6.20. The molecule has 4 nitrogen and oxygen atoms in total. The van der Waals surface area contributed by atoms with Gasteiger partial charge in [-0.25, -0.2) is 5.01 Å². The van der Waals surface area contributed by atoms with Crippen LogP contribution in [0.15, 0.2) is 0 Å². The molecular weight excluding hydrogens is 204 g/mol. The molecule has 1 aliphatic heterocycles. The van der Waals surface area contributed by atoms with E-state index in [1.807, 2.05) is 6.92 Å². The molecule has 4 heteroatoms. The third-order valence-electron chi connectivity index (χ3n) is 3.69. The lowest BCUT2D eigenvalue weighted by atomic mass is 9.99. The number of carboxylic acid groups (broad SMARTS) is 1. The van der Waals surface area contributed by atoms with E-state index in [9.17, 15) is 4.79 Å². The molecule has 0 aromatic heterocycles. The second-order valence-corrected chi connectivity index (χ2v) is 5.08. The van der Waals surface area contributed by atoms with Gasteiger partial charge < -0.3 is 5.11 Å². The van der Waals surface area contributed by atoms with E-state index >= 15 is 0 Å². The summed E-state index contributed by atoms with van der Waals surface area (Å²) in [7, 11) is 0. The molecule has 1 aliphatic rings. The number of hydrogen-bond donors (Lipinski definition) is 2. The van der Waals surface area contributed by atoms with Crippen molar-refractivity contribution in [2.45, 2.75) is 65.1 Å². The molecule has 4 unspecified atom stereocenters. The quantitative estimate of drug-likeness (QED) is 0.771. The number of nitrogens with one attached hydrogen (secondary N) is 1. The van der Waals surface area contributed by atoms with Gasteiger partial charge >= 0.3 is 5.97 Å². The van der Waals surface area contributed by atoms with Gasteiger partial charge in [-0.3, -0.25) is 10.2 Å². The van der Waals surface area contributed by atoms with Crippen molar-refractivity contribution < 1.29 is 9.90 Å². The molecule has 0 saturated carbocycles. The van der Waals surface area contributed by atoms with Gasteiger partial charge in [0.15, 0.2) is 0 Å². The van der Waals surface area contributed by atoms with Gasteiger partial charge in [-0.15, -0.1) is 0 Å². The second-order valence-electron chi connectivity index (χ2n) is 5.08. The zero-order chi connectivity index (χ0) is 12.3. The fourth-order valence-electron chi connectivity index (χ4n) is 2.24. The molecule has 0 aromatic rings. The third-order valence-corrected chi connectivity index (χ3v) is 3.69. The van der Waals surface area contributed by atoms with Crippen LogP contribution < -0.4 is 5.43 Å². The minimum absolute atomic E-state index is 0.0273. The zero-order valence-electron chi connectivity index (χ0n) is 10.7. The van der Waals surface area contributed by atoms with Gasteiger partial charge in [0.1, 0.15) is 0 Å². The average Bonchev–Trinajstić information content (AvgIpc) is 2.22. The zero-order valence-corrected chi connectivity index (χ0v) is 10.7. The van der Waals surface area contributed by atoms with Gasteiger partial charge in [0.05, 0.1) is 5.92 Å². The van der Waals surface area contributed by atoms with Crippen molar-refractivity contribution in [2.24, 2.45) is 5.92 Å². The van der Waals surface area contributed by atoms with Gasteiger partial charge in [0, 0.05) is 18.1 Å². The van der Waals surface area contributed by atoms with Crippen molar-refractivity contribution >= 4 is 5.97 Å². The Bertz CT molecular complexity index is 235.